The van der Waals surface area contributed by atoms with Gasteiger partial charge in [0.05, 0.1) is 24.9 Å². The third-order valence-electron chi connectivity index (χ3n) is 9.29. The molecule has 49 heavy (non-hydrogen) atoms. The number of aryl methyl sites for hydroxylation is 2. The third-order valence-corrected chi connectivity index (χ3v) is 9.66. The molecule has 0 aliphatic rings. The van der Waals surface area contributed by atoms with E-state index in [0.29, 0.717) is 22.6 Å². The number of ether oxygens (including phenoxy) is 2. The van der Waals surface area contributed by atoms with E-state index in [9.17, 15) is 14.7 Å². The van der Waals surface area contributed by atoms with Gasteiger partial charge < -0.3 is 19.1 Å². The number of imidazole rings is 1. The lowest BCUT2D eigenvalue weighted by Crippen LogP contribution is -2.21. The van der Waals surface area contributed by atoms with Crippen LogP contribution in [0.4, 0.5) is 0 Å². The molecular weight excluding hydrogens is 636 g/mol. The molecule has 0 spiro atoms. The SMILES string of the molecule is COc1ccc2cc([C@H](C)C(=O)OC(c3cc(-n4ccnc4)ccc3C)c3c(C)cc(C(=O)O)c(Cc4ccccc4Cl)c3C)ccc2c1. The van der Waals surface area contributed by atoms with Crippen LogP contribution in [0.5, 0.6) is 5.75 Å². The summed E-state index contributed by atoms with van der Waals surface area (Å²) in [6, 6.07) is 26.8. The molecule has 1 unspecified atom stereocenters. The molecular formula is C41H37ClN2O5. The molecule has 6 aromatic rings. The second-order valence-electron chi connectivity index (χ2n) is 12.4. The van der Waals surface area contributed by atoms with Crippen molar-refractivity contribution in [2.24, 2.45) is 0 Å². The third kappa shape index (κ3) is 6.80. The minimum atomic E-state index is -1.03. The highest BCUT2D eigenvalue weighted by Crippen LogP contribution is 2.39. The number of carboxylic acids is 1. The highest BCUT2D eigenvalue weighted by atomic mass is 35.5. The molecule has 0 aliphatic carbocycles. The maximum atomic E-state index is 14.2. The molecule has 0 saturated carbocycles. The van der Waals surface area contributed by atoms with Crippen LogP contribution in [0.1, 0.15) is 73.8 Å². The zero-order valence-electron chi connectivity index (χ0n) is 28.0. The number of carbonyl (C=O) groups is 2. The van der Waals surface area contributed by atoms with Crippen LogP contribution in [-0.4, -0.2) is 33.7 Å². The van der Waals surface area contributed by atoms with Crippen molar-refractivity contribution < 1.29 is 24.2 Å². The van der Waals surface area contributed by atoms with Gasteiger partial charge in [0.1, 0.15) is 5.75 Å². The molecule has 0 aliphatic heterocycles. The van der Waals surface area contributed by atoms with E-state index in [2.05, 4.69) is 4.98 Å². The number of hydrogen-bond acceptors (Lipinski definition) is 5. The van der Waals surface area contributed by atoms with Crippen LogP contribution in [-0.2, 0) is 16.0 Å². The van der Waals surface area contributed by atoms with E-state index in [1.807, 2.05) is 111 Å². The highest BCUT2D eigenvalue weighted by Gasteiger charge is 2.30. The lowest BCUT2D eigenvalue weighted by Gasteiger charge is -2.28. The summed E-state index contributed by atoms with van der Waals surface area (Å²) in [5, 5.41) is 12.8. The van der Waals surface area contributed by atoms with Crippen LogP contribution in [0.15, 0.2) is 104 Å². The summed E-state index contributed by atoms with van der Waals surface area (Å²) in [5.41, 5.74) is 7.16. The topological polar surface area (TPSA) is 90.7 Å². The number of aromatic nitrogens is 2. The first kappa shape index (κ1) is 33.5. The van der Waals surface area contributed by atoms with Gasteiger partial charge >= 0.3 is 11.9 Å². The van der Waals surface area contributed by atoms with Crippen molar-refractivity contribution in [1.29, 1.82) is 0 Å². The fourth-order valence-electron chi connectivity index (χ4n) is 6.45. The molecule has 2 atom stereocenters. The Bertz CT molecular complexity index is 2190. The van der Waals surface area contributed by atoms with Crippen molar-refractivity contribution >= 4 is 34.3 Å². The van der Waals surface area contributed by atoms with Crippen molar-refractivity contribution in [3.05, 3.63) is 159 Å². The molecule has 0 saturated heterocycles. The molecule has 248 valence electrons. The number of halogens is 1. The van der Waals surface area contributed by atoms with Gasteiger partial charge in [0.15, 0.2) is 6.10 Å². The van der Waals surface area contributed by atoms with Gasteiger partial charge in [0.2, 0.25) is 0 Å². The van der Waals surface area contributed by atoms with Crippen LogP contribution in [0, 0.1) is 20.8 Å². The van der Waals surface area contributed by atoms with Crippen LogP contribution in [0.25, 0.3) is 16.5 Å². The van der Waals surface area contributed by atoms with E-state index in [-0.39, 0.29) is 5.56 Å². The first-order chi connectivity index (χ1) is 23.5. The zero-order chi connectivity index (χ0) is 34.8. The van der Waals surface area contributed by atoms with E-state index >= 15 is 0 Å². The summed E-state index contributed by atoms with van der Waals surface area (Å²) in [6.07, 6.45) is 4.74. The first-order valence-corrected chi connectivity index (χ1v) is 16.4. The van der Waals surface area contributed by atoms with Crippen molar-refractivity contribution in [1.82, 2.24) is 9.55 Å². The standard InChI is InChI=1S/C41H37ClN2O5/c1-24-10-14-32(44-17-16-43-23-44)22-34(24)39(49-41(47)26(3)28-11-12-30-20-33(48-5)15-13-29(30)19-28)38-25(2)18-36(40(45)46)35(27(38)4)21-31-8-6-7-9-37(31)42/h6-20,22-23,26,39H,21H2,1-5H3,(H,45,46)/t26-,39?/m0/s1. The van der Waals surface area contributed by atoms with Crippen molar-refractivity contribution in [2.45, 2.75) is 46.1 Å². The van der Waals surface area contributed by atoms with Crippen LogP contribution >= 0.6 is 11.6 Å². The molecule has 1 aromatic heterocycles. The summed E-state index contributed by atoms with van der Waals surface area (Å²) < 4.78 is 13.8. The van der Waals surface area contributed by atoms with Gasteiger partial charge in [-0.15, -0.1) is 0 Å². The molecule has 0 radical (unpaired) electrons. The predicted molar refractivity (Wildman–Crippen MR) is 192 cm³/mol. The lowest BCUT2D eigenvalue weighted by molar-refractivity contribution is -0.149. The maximum absolute atomic E-state index is 14.2. The average molecular weight is 673 g/mol. The van der Waals surface area contributed by atoms with Gasteiger partial charge in [0.25, 0.3) is 0 Å². The number of carbonyl (C=O) groups excluding carboxylic acids is 1. The molecule has 8 heteroatoms. The number of esters is 1. The van der Waals surface area contributed by atoms with E-state index in [4.69, 9.17) is 21.1 Å². The second-order valence-corrected chi connectivity index (χ2v) is 12.8. The molecule has 6 rings (SSSR count). The van der Waals surface area contributed by atoms with Gasteiger partial charge in [-0.2, -0.15) is 0 Å². The molecule has 0 amide bonds. The number of rotatable bonds is 10. The fourth-order valence-corrected chi connectivity index (χ4v) is 6.65. The summed E-state index contributed by atoms with van der Waals surface area (Å²) in [5.74, 6) is -1.27. The van der Waals surface area contributed by atoms with Crippen molar-refractivity contribution in [3.63, 3.8) is 0 Å². The number of hydrogen-bond donors (Lipinski definition) is 1. The minimum Gasteiger partial charge on any atom is -0.497 e. The monoisotopic (exact) mass is 672 g/mol. The first-order valence-electron chi connectivity index (χ1n) is 16.0. The summed E-state index contributed by atoms with van der Waals surface area (Å²) in [4.78, 5) is 31.0. The Morgan fingerprint density at radius 2 is 1.67 bits per heavy atom. The van der Waals surface area contributed by atoms with Gasteiger partial charge in [0, 0.05) is 40.7 Å². The molecule has 7 nitrogen and oxygen atoms in total. The molecule has 0 bridgehead atoms. The van der Waals surface area contributed by atoms with Gasteiger partial charge in [-0.1, -0.05) is 60.1 Å². The molecule has 5 aromatic carbocycles. The van der Waals surface area contributed by atoms with E-state index < -0.39 is 24.0 Å². The summed E-state index contributed by atoms with van der Waals surface area (Å²) >= 11 is 6.56. The molecule has 1 heterocycles. The van der Waals surface area contributed by atoms with Crippen LogP contribution in [0.2, 0.25) is 5.02 Å². The molecule has 1 N–H and O–H groups in total. The lowest BCUT2D eigenvalue weighted by atomic mass is 9.84. The Balaban J connectivity index is 1.48. The quantitative estimate of drug-likeness (QED) is 0.146. The van der Waals surface area contributed by atoms with Crippen molar-refractivity contribution in [2.75, 3.05) is 7.11 Å². The van der Waals surface area contributed by atoms with Gasteiger partial charge in [-0.3, -0.25) is 4.79 Å². The number of carboxylic acid groups (broad SMARTS) is 1. The average Bonchev–Trinajstić information content (AvgIpc) is 3.64. The smallest absolute Gasteiger partial charge is 0.335 e. The van der Waals surface area contributed by atoms with E-state index in [1.165, 1.54) is 0 Å². The highest BCUT2D eigenvalue weighted by molar-refractivity contribution is 6.31. The molecule has 0 fully saturated rings. The predicted octanol–water partition coefficient (Wildman–Crippen LogP) is 9.34. The Morgan fingerprint density at radius 3 is 2.39 bits per heavy atom. The Hall–Kier alpha value is -5.40. The van der Waals surface area contributed by atoms with Crippen molar-refractivity contribution in [3.8, 4) is 11.4 Å². The Morgan fingerprint density at radius 1 is 0.918 bits per heavy atom. The van der Waals surface area contributed by atoms with Gasteiger partial charge in [-0.25, -0.2) is 9.78 Å². The van der Waals surface area contributed by atoms with Gasteiger partial charge in [-0.05, 0) is 108 Å². The zero-order valence-corrected chi connectivity index (χ0v) is 28.8. The number of aromatic carboxylic acids is 1. The van der Waals surface area contributed by atoms with Crippen LogP contribution < -0.4 is 4.74 Å². The normalized spacial score (nSPS) is 12.4. The number of nitrogens with zero attached hydrogens (tertiary/aromatic N) is 2. The van der Waals surface area contributed by atoms with Crippen LogP contribution in [0.3, 0.4) is 0 Å². The second kappa shape index (κ2) is 14.0. The maximum Gasteiger partial charge on any atom is 0.335 e. The number of fused-ring (bicyclic) bond motifs is 1. The number of benzene rings is 5. The minimum absolute atomic E-state index is 0.189. The van der Waals surface area contributed by atoms with E-state index in [1.54, 1.807) is 31.8 Å². The van der Waals surface area contributed by atoms with E-state index in [0.717, 1.165) is 55.6 Å². The Labute approximate surface area is 290 Å². The summed E-state index contributed by atoms with van der Waals surface area (Å²) in [6.45, 7) is 7.59. The Kier molecular flexibility index (Phi) is 9.56. The summed E-state index contributed by atoms with van der Waals surface area (Å²) in [7, 11) is 1.63. The largest absolute Gasteiger partial charge is 0.497 e. The number of methoxy groups -OCH3 is 1. The fraction of sp³-hybridized carbons (Fsp3) is 0.195.